The molecule has 1 saturated heterocycles. The molecular weight excluding hydrogens is 407 g/mol. The van der Waals surface area contributed by atoms with Gasteiger partial charge in [0.15, 0.2) is 0 Å². The van der Waals surface area contributed by atoms with Gasteiger partial charge < -0.3 is 9.47 Å². The molecule has 1 fully saturated rings. The van der Waals surface area contributed by atoms with Crippen molar-refractivity contribution in [2.45, 2.75) is 36.4 Å². The molecule has 0 spiro atoms. The van der Waals surface area contributed by atoms with Crippen molar-refractivity contribution in [3.05, 3.63) is 54.1 Å². The Kier molecular flexibility index (Phi) is 6.38. The van der Waals surface area contributed by atoms with Gasteiger partial charge in [-0.3, -0.25) is 0 Å². The van der Waals surface area contributed by atoms with Crippen LogP contribution in [0.5, 0.6) is 11.5 Å². The molecule has 5 nitrogen and oxygen atoms in total. The van der Waals surface area contributed by atoms with Gasteiger partial charge in [0.05, 0.1) is 12.0 Å². The van der Waals surface area contributed by atoms with E-state index in [1.54, 1.807) is 7.11 Å². The van der Waals surface area contributed by atoms with Crippen molar-refractivity contribution in [2.24, 2.45) is 0 Å². The van der Waals surface area contributed by atoms with Crippen LogP contribution in [-0.2, 0) is 10.0 Å². The normalized spacial score (nSPS) is 18.8. The van der Waals surface area contributed by atoms with Crippen LogP contribution in [0.3, 0.4) is 0 Å². The van der Waals surface area contributed by atoms with E-state index in [0.29, 0.717) is 13.1 Å². The maximum Gasteiger partial charge on any atom is 0.573 e. The van der Waals surface area contributed by atoms with Gasteiger partial charge in [-0.1, -0.05) is 18.6 Å². The Labute approximate surface area is 168 Å². The lowest BCUT2D eigenvalue weighted by molar-refractivity contribution is -0.274. The van der Waals surface area contributed by atoms with Crippen LogP contribution >= 0.6 is 0 Å². The molecule has 1 atom stereocenters. The SMILES string of the molecule is COc1ccc(C2CCCCN(S(=O)(=O)c3ccc(OC(F)(F)F)cc3)C2)cc1. The summed E-state index contributed by atoms with van der Waals surface area (Å²) >= 11 is 0. The molecule has 0 bridgehead atoms. The molecule has 1 heterocycles. The predicted octanol–water partition coefficient (Wildman–Crippen LogP) is 4.55. The quantitative estimate of drug-likeness (QED) is 0.700. The summed E-state index contributed by atoms with van der Waals surface area (Å²) in [5.74, 6) is 0.308. The Balaban J connectivity index is 1.79. The van der Waals surface area contributed by atoms with Crippen LogP contribution in [0.15, 0.2) is 53.4 Å². The second-order valence-corrected chi connectivity index (χ2v) is 8.79. The highest BCUT2D eigenvalue weighted by Gasteiger charge is 2.32. The molecule has 0 radical (unpaired) electrons. The van der Waals surface area contributed by atoms with Crippen molar-refractivity contribution in [1.29, 1.82) is 0 Å². The first kappa shape index (κ1) is 21.4. The third-order valence-electron chi connectivity index (χ3n) is 4.92. The Morgan fingerprint density at radius 3 is 2.17 bits per heavy atom. The maximum atomic E-state index is 13.1. The molecule has 2 aromatic carbocycles. The minimum atomic E-state index is -4.82. The number of ether oxygens (including phenoxy) is 2. The van der Waals surface area contributed by atoms with Crippen LogP contribution in [0.1, 0.15) is 30.7 Å². The van der Waals surface area contributed by atoms with Crippen molar-refractivity contribution >= 4 is 10.0 Å². The van der Waals surface area contributed by atoms with Crippen LogP contribution < -0.4 is 9.47 Å². The van der Waals surface area contributed by atoms with E-state index < -0.39 is 22.1 Å². The van der Waals surface area contributed by atoms with Crippen molar-refractivity contribution in [3.63, 3.8) is 0 Å². The average Bonchev–Trinajstić information content (AvgIpc) is 2.94. The molecule has 3 rings (SSSR count). The van der Waals surface area contributed by atoms with E-state index in [2.05, 4.69) is 4.74 Å². The fourth-order valence-electron chi connectivity index (χ4n) is 3.44. The molecule has 0 amide bonds. The number of sulfonamides is 1. The van der Waals surface area contributed by atoms with Gasteiger partial charge >= 0.3 is 6.36 Å². The zero-order chi connectivity index (χ0) is 21.1. The van der Waals surface area contributed by atoms with E-state index in [-0.39, 0.29) is 10.8 Å². The number of alkyl halides is 3. The largest absolute Gasteiger partial charge is 0.573 e. The first-order valence-corrected chi connectivity index (χ1v) is 10.6. The predicted molar refractivity (Wildman–Crippen MR) is 101 cm³/mol. The highest BCUT2D eigenvalue weighted by Crippen LogP contribution is 2.31. The lowest BCUT2D eigenvalue weighted by atomic mass is 9.94. The summed E-state index contributed by atoms with van der Waals surface area (Å²) in [5.41, 5.74) is 1.03. The smallest absolute Gasteiger partial charge is 0.497 e. The summed E-state index contributed by atoms with van der Waals surface area (Å²) in [6.07, 6.45) is -2.35. The molecule has 9 heteroatoms. The van der Waals surface area contributed by atoms with Gasteiger partial charge in [0.1, 0.15) is 11.5 Å². The Hall–Kier alpha value is -2.26. The molecule has 2 aromatic rings. The summed E-state index contributed by atoms with van der Waals surface area (Å²) < 4.78 is 73.4. The van der Waals surface area contributed by atoms with E-state index in [4.69, 9.17) is 4.74 Å². The molecular formula is C20H22F3NO4S. The first-order valence-electron chi connectivity index (χ1n) is 9.19. The summed E-state index contributed by atoms with van der Waals surface area (Å²) in [5, 5.41) is 0. The van der Waals surface area contributed by atoms with E-state index in [1.807, 2.05) is 24.3 Å². The highest BCUT2D eigenvalue weighted by atomic mass is 32.2. The number of methoxy groups -OCH3 is 1. The van der Waals surface area contributed by atoms with Gasteiger partial charge in [0.2, 0.25) is 10.0 Å². The standard InChI is InChI=1S/C20H22F3NO4S/c1-27-17-7-5-15(6-8-17)16-4-2-3-13-24(14-16)29(25,26)19-11-9-18(10-12-19)28-20(21,22)23/h5-12,16H,2-4,13-14H2,1H3. The fraction of sp³-hybridized carbons (Fsp3) is 0.400. The van der Waals surface area contributed by atoms with Gasteiger partial charge in [0.25, 0.3) is 0 Å². The zero-order valence-corrected chi connectivity index (χ0v) is 16.7. The monoisotopic (exact) mass is 429 g/mol. The van der Waals surface area contributed by atoms with Crippen molar-refractivity contribution in [1.82, 2.24) is 4.31 Å². The summed E-state index contributed by atoms with van der Waals surface area (Å²) in [4.78, 5) is -0.0533. The van der Waals surface area contributed by atoms with Crippen LogP contribution in [-0.4, -0.2) is 39.3 Å². The van der Waals surface area contributed by atoms with Crippen molar-refractivity contribution < 1.29 is 31.1 Å². The molecule has 0 saturated carbocycles. The summed E-state index contributed by atoms with van der Waals surface area (Å²) in [6.45, 7) is 0.686. The number of halogens is 3. The second-order valence-electron chi connectivity index (χ2n) is 6.85. The van der Waals surface area contributed by atoms with Crippen LogP contribution in [0.2, 0.25) is 0 Å². The summed E-state index contributed by atoms with van der Waals surface area (Å²) in [6, 6.07) is 11.9. The molecule has 1 aliphatic heterocycles. The Bertz CT molecular complexity index is 912. The Morgan fingerprint density at radius 2 is 1.59 bits per heavy atom. The van der Waals surface area contributed by atoms with Gasteiger partial charge in [-0.2, -0.15) is 4.31 Å². The number of rotatable bonds is 5. The summed E-state index contributed by atoms with van der Waals surface area (Å²) in [7, 11) is -2.24. The third kappa shape index (κ3) is 5.42. The van der Waals surface area contributed by atoms with Crippen LogP contribution in [0.4, 0.5) is 13.2 Å². The van der Waals surface area contributed by atoms with E-state index in [0.717, 1.165) is 54.8 Å². The van der Waals surface area contributed by atoms with E-state index in [1.165, 1.54) is 4.31 Å². The zero-order valence-electron chi connectivity index (χ0n) is 15.9. The maximum absolute atomic E-state index is 13.1. The molecule has 0 aromatic heterocycles. The van der Waals surface area contributed by atoms with E-state index >= 15 is 0 Å². The van der Waals surface area contributed by atoms with Crippen LogP contribution in [0, 0.1) is 0 Å². The fourth-order valence-corrected chi connectivity index (χ4v) is 4.96. The topological polar surface area (TPSA) is 55.8 Å². The minimum Gasteiger partial charge on any atom is -0.497 e. The molecule has 0 aliphatic carbocycles. The number of hydrogen-bond donors (Lipinski definition) is 0. The van der Waals surface area contributed by atoms with Crippen molar-refractivity contribution in [3.8, 4) is 11.5 Å². The minimum absolute atomic E-state index is 0.0333. The number of benzene rings is 2. The number of nitrogens with zero attached hydrogens (tertiary/aromatic N) is 1. The van der Waals surface area contributed by atoms with Gasteiger partial charge in [0, 0.05) is 13.1 Å². The van der Waals surface area contributed by atoms with E-state index in [9.17, 15) is 21.6 Å². The Morgan fingerprint density at radius 1 is 0.966 bits per heavy atom. The van der Waals surface area contributed by atoms with Crippen LogP contribution in [0.25, 0.3) is 0 Å². The molecule has 1 unspecified atom stereocenters. The average molecular weight is 429 g/mol. The highest BCUT2D eigenvalue weighted by molar-refractivity contribution is 7.89. The molecule has 158 valence electrons. The number of hydrogen-bond acceptors (Lipinski definition) is 4. The van der Waals surface area contributed by atoms with Gasteiger partial charge in [-0.25, -0.2) is 8.42 Å². The van der Waals surface area contributed by atoms with Gasteiger partial charge in [-0.05, 0) is 60.7 Å². The van der Waals surface area contributed by atoms with Gasteiger partial charge in [-0.15, -0.1) is 13.2 Å². The molecule has 1 aliphatic rings. The van der Waals surface area contributed by atoms with Crippen molar-refractivity contribution in [2.75, 3.05) is 20.2 Å². The lowest BCUT2D eigenvalue weighted by Gasteiger charge is -2.24. The molecule has 29 heavy (non-hydrogen) atoms. The second kappa shape index (κ2) is 8.62. The molecule has 0 N–H and O–H groups in total. The lowest BCUT2D eigenvalue weighted by Crippen LogP contribution is -2.34. The third-order valence-corrected chi connectivity index (χ3v) is 6.80. The first-order chi connectivity index (χ1) is 13.7.